The molecule has 0 amide bonds. The third-order valence-corrected chi connectivity index (χ3v) is 1.35. The summed E-state index contributed by atoms with van der Waals surface area (Å²) in [6, 6.07) is 5.34. The van der Waals surface area contributed by atoms with Crippen LogP contribution in [-0.2, 0) is 0 Å². The first kappa shape index (κ1) is 8.64. The van der Waals surface area contributed by atoms with Gasteiger partial charge in [-0.3, -0.25) is 0 Å². The van der Waals surface area contributed by atoms with Gasteiger partial charge in [0.05, 0.1) is 5.75 Å². The SMILES string of the molecule is N#Cc1ccc(C#CCS)cn1. The Morgan fingerprint density at radius 2 is 2.33 bits per heavy atom. The molecule has 12 heavy (non-hydrogen) atoms. The molecule has 0 aliphatic rings. The van der Waals surface area contributed by atoms with E-state index in [1.54, 1.807) is 18.3 Å². The van der Waals surface area contributed by atoms with Crippen LogP contribution < -0.4 is 0 Å². The molecule has 0 aliphatic heterocycles. The zero-order valence-electron chi connectivity index (χ0n) is 6.28. The lowest BCUT2D eigenvalue weighted by Crippen LogP contribution is -1.82. The molecule has 0 aliphatic carbocycles. The fourth-order valence-corrected chi connectivity index (χ4v) is 0.755. The Balaban J connectivity index is 2.87. The average molecular weight is 174 g/mol. The number of hydrogen-bond acceptors (Lipinski definition) is 3. The van der Waals surface area contributed by atoms with E-state index >= 15 is 0 Å². The smallest absolute Gasteiger partial charge is 0.140 e. The van der Waals surface area contributed by atoms with Crippen molar-refractivity contribution in [1.29, 1.82) is 5.26 Å². The van der Waals surface area contributed by atoms with Crippen LogP contribution in [-0.4, -0.2) is 10.7 Å². The van der Waals surface area contributed by atoms with Crippen LogP contribution in [0.3, 0.4) is 0 Å². The van der Waals surface area contributed by atoms with Gasteiger partial charge in [0.15, 0.2) is 0 Å². The second kappa shape index (κ2) is 4.43. The maximum Gasteiger partial charge on any atom is 0.140 e. The van der Waals surface area contributed by atoms with E-state index in [4.69, 9.17) is 5.26 Å². The molecule has 2 nitrogen and oxygen atoms in total. The Morgan fingerprint density at radius 3 is 2.83 bits per heavy atom. The quantitative estimate of drug-likeness (QED) is 0.474. The maximum atomic E-state index is 8.44. The van der Waals surface area contributed by atoms with Gasteiger partial charge in [0, 0.05) is 11.8 Å². The van der Waals surface area contributed by atoms with Gasteiger partial charge < -0.3 is 0 Å². The molecule has 0 unspecified atom stereocenters. The van der Waals surface area contributed by atoms with E-state index in [1.807, 2.05) is 6.07 Å². The zero-order valence-corrected chi connectivity index (χ0v) is 7.18. The summed E-state index contributed by atoms with van der Waals surface area (Å²) < 4.78 is 0. The zero-order chi connectivity index (χ0) is 8.81. The summed E-state index contributed by atoms with van der Waals surface area (Å²) in [7, 11) is 0. The number of nitriles is 1. The summed E-state index contributed by atoms with van der Waals surface area (Å²) in [5.41, 5.74) is 1.22. The van der Waals surface area contributed by atoms with Crippen molar-refractivity contribution in [3.8, 4) is 17.9 Å². The van der Waals surface area contributed by atoms with Crippen molar-refractivity contribution < 1.29 is 0 Å². The Kier molecular flexibility index (Phi) is 3.19. The highest BCUT2D eigenvalue weighted by molar-refractivity contribution is 7.80. The van der Waals surface area contributed by atoms with E-state index in [2.05, 4.69) is 29.5 Å². The van der Waals surface area contributed by atoms with Crippen molar-refractivity contribution in [3.05, 3.63) is 29.6 Å². The average Bonchev–Trinajstić information content (AvgIpc) is 2.15. The van der Waals surface area contributed by atoms with Gasteiger partial charge >= 0.3 is 0 Å². The Bertz CT molecular complexity index is 351. The van der Waals surface area contributed by atoms with Crippen molar-refractivity contribution in [2.24, 2.45) is 0 Å². The highest BCUT2D eigenvalue weighted by Crippen LogP contribution is 1.96. The molecule has 1 rings (SSSR count). The molecule has 58 valence electrons. The minimum Gasteiger partial charge on any atom is -0.244 e. The van der Waals surface area contributed by atoms with Crippen molar-refractivity contribution in [2.75, 3.05) is 5.75 Å². The van der Waals surface area contributed by atoms with Gasteiger partial charge in [-0.2, -0.15) is 17.9 Å². The molecule has 1 heterocycles. The molecular formula is C9H6N2S. The van der Waals surface area contributed by atoms with Crippen LogP contribution in [0.4, 0.5) is 0 Å². The van der Waals surface area contributed by atoms with Gasteiger partial charge in [-0.25, -0.2) is 4.98 Å². The minimum absolute atomic E-state index is 0.409. The van der Waals surface area contributed by atoms with Crippen LogP contribution in [0, 0.1) is 23.2 Å². The molecule has 0 bridgehead atoms. The molecule has 3 heteroatoms. The van der Waals surface area contributed by atoms with Crippen LogP contribution in [0.5, 0.6) is 0 Å². The Hall–Kier alpha value is -1.45. The van der Waals surface area contributed by atoms with E-state index in [1.165, 1.54) is 0 Å². The predicted molar refractivity (Wildman–Crippen MR) is 49.7 cm³/mol. The van der Waals surface area contributed by atoms with E-state index in [9.17, 15) is 0 Å². The van der Waals surface area contributed by atoms with Gasteiger partial charge in [-0.05, 0) is 12.1 Å². The molecule has 0 N–H and O–H groups in total. The third kappa shape index (κ3) is 2.30. The maximum absolute atomic E-state index is 8.44. The van der Waals surface area contributed by atoms with Crippen molar-refractivity contribution in [3.63, 3.8) is 0 Å². The lowest BCUT2D eigenvalue weighted by Gasteiger charge is -1.88. The molecule has 0 aromatic carbocycles. The summed E-state index contributed by atoms with van der Waals surface area (Å²) in [4.78, 5) is 3.86. The molecule has 0 atom stereocenters. The first-order chi connectivity index (χ1) is 5.86. The molecule has 0 radical (unpaired) electrons. The van der Waals surface area contributed by atoms with Gasteiger partial charge in [0.2, 0.25) is 0 Å². The van der Waals surface area contributed by atoms with Crippen LogP contribution in [0.2, 0.25) is 0 Å². The van der Waals surface area contributed by atoms with E-state index < -0.39 is 0 Å². The number of rotatable bonds is 0. The van der Waals surface area contributed by atoms with Gasteiger partial charge in [0.1, 0.15) is 11.8 Å². The van der Waals surface area contributed by atoms with Gasteiger partial charge in [-0.1, -0.05) is 11.8 Å². The summed E-state index contributed by atoms with van der Waals surface area (Å²) in [5.74, 6) is 6.17. The number of pyridine rings is 1. The number of hydrogen-bond donors (Lipinski definition) is 1. The van der Waals surface area contributed by atoms with Crippen molar-refractivity contribution in [2.45, 2.75) is 0 Å². The minimum atomic E-state index is 0.409. The van der Waals surface area contributed by atoms with Crippen LogP contribution >= 0.6 is 12.6 Å². The molecule has 1 aromatic rings. The van der Waals surface area contributed by atoms with Crippen LogP contribution in [0.1, 0.15) is 11.3 Å². The van der Waals surface area contributed by atoms with Crippen molar-refractivity contribution >= 4 is 12.6 Å². The molecule has 0 spiro atoms. The van der Waals surface area contributed by atoms with Crippen LogP contribution in [0.15, 0.2) is 18.3 Å². The summed E-state index contributed by atoms with van der Waals surface area (Å²) in [6.45, 7) is 0. The normalized spacial score (nSPS) is 8.00. The van der Waals surface area contributed by atoms with Crippen LogP contribution in [0.25, 0.3) is 0 Å². The standard InChI is InChI=1S/C9H6N2S/c10-6-9-4-3-8(7-11-9)2-1-5-12/h3-4,7,12H,5H2. The number of nitrogens with zero attached hydrogens (tertiary/aromatic N) is 2. The second-order valence-corrected chi connectivity index (χ2v) is 2.32. The molecule has 0 saturated carbocycles. The molecular weight excluding hydrogens is 168 g/mol. The highest BCUT2D eigenvalue weighted by atomic mass is 32.1. The summed E-state index contributed by atoms with van der Waals surface area (Å²) in [6.07, 6.45) is 1.58. The summed E-state index contributed by atoms with van der Waals surface area (Å²) in [5, 5.41) is 8.44. The number of aromatic nitrogens is 1. The fourth-order valence-electron chi connectivity index (χ4n) is 0.676. The van der Waals surface area contributed by atoms with Crippen molar-refractivity contribution in [1.82, 2.24) is 4.98 Å². The highest BCUT2D eigenvalue weighted by Gasteiger charge is 1.89. The third-order valence-electron chi connectivity index (χ3n) is 1.19. The first-order valence-electron chi connectivity index (χ1n) is 3.32. The first-order valence-corrected chi connectivity index (χ1v) is 3.96. The number of thiol groups is 1. The lowest BCUT2D eigenvalue weighted by atomic mass is 10.2. The second-order valence-electron chi connectivity index (χ2n) is 2.00. The Labute approximate surface area is 76.7 Å². The fraction of sp³-hybridized carbons (Fsp3) is 0.111. The lowest BCUT2D eigenvalue weighted by molar-refractivity contribution is 1.25. The van der Waals surface area contributed by atoms with E-state index in [0.29, 0.717) is 11.4 Å². The predicted octanol–water partition coefficient (Wildman–Crippen LogP) is 1.23. The topological polar surface area (TPSA) is 36.7 Å². The molecule has 0 saturated heterocycles. The van der Waals surface area contributed by atoms with E-state index in [-0.39, 0.29) is 0 Å². The van der Waals surface area contributed by atoms with Gasteiger partial charge in [0.25, 0.3) is 0 Å². The van der Waals surface area contributed by atoms with E-state index in [0.717, 1.165) is 5.56 Å². The summed E-state index contributed by atoms with van der Waals surface area (Å²) >= 11 is 3.94. The molecule has 0 fully saturated rings. The van der Waals surface area contributed by atoms with Gasteiger partial charge in [-0.15, -0.1) is 0 Å². The Morgan fingerprint density at radius 1 is 1.50 bits per heavy atom. The molecule has 1 aromatic heterocycles. The largest absolute Gasteiger partial charge is 0.244 e. The monoisotopic (exact) mass is 174 g/mol.